The minimum Gasteiger partial charge on any atom is -0.253 e. The van der Waals surface area contributed by atoms with Crippen molar-refractivity contribution in [3.8, 4) is 0 Å². The Morgan fingerprint density at radius 3 is 2.00 bits per heavy atom. The van der Waals surface area contributed by atoms with Crippen molar-refractivity contribution in [2.75, 3.05) is 17.4 Å². The summed E-state index contributed by atoms with van der Waals surface area (Å²) in [5.74, 6) is 0. The molecule has 1 aliphatic rings. The highest BCUT2D eigenvalue weighted by atomic mass is 32.2. The predicted octanol–water partition coefficient (Wildman–Crippen LogP) is 3.03. The van der Waals surface area contributed by atoms with Crippen LogP contribution in [0, 0.1) is 0 Å². The van der Waals surface area contributed by atoms with Crippen LogP contribution in [-0.2, 0) is 16.8 Å². The van der Waals surface area contributed by atoms with Gasteiger partial charge in [0.15, 0.2) is 0 Å². The van der Waals surface area contributed by atoms with Crippen LogP contribution in [0.2, 0.25) is 0 Å². The van der Waals surface area contributed by atoms with Crippen molar-refractivity contribution >= 4 is 15.9 Å². The molecule has 0 atom stereocenters. The molecule has 1 heterocycles. The fraction of sp³-hybridized carbons (Fsp3) is 0.294. The van der Waals surface area contributed by atoms with Gasteiger partial charge in [-0.15, -0.1) is 0 Å². The fourth-order valence-corrected chi connectivity index (χ4v) is 4.41. The summed E-state index contributed by atoms with van der Waals surface area (Å²) in [5.41, 5.74) is 1.69. The highest BCUT2D eigenvalue weighted by Gasteiger charge is 2.31. The predicted molar refractivity (Wildman–Crippen MR) is 88.8 cm³/mol. The van der Waals surface area contributed by atoms with Crippen LogP contribution in [0.4, 0.5) is 5.69 Å². The second kappa shape index (κ2) is 6.50. The van der Waals surface area contributed by atoms with E-state index in [1.807, 2.05) is 60.7 Å². The largest absolute Gasteiger partial charge is 0.304 e. The van der Waals surface area contributed by atoms with Gasteiger partial charge in [-0.2, -0.15) is 12.7 Å². The van der Waals surface area contributed by atoms with E-state index in [0.29, 0.717) is 25.3 Å². The zero-order valence-corrected chi connectivity index (χ0v) is 13.2. The van der Waals surface area contributed by atoms with Gasteiger partial charge in [-0.3, -0.25) is 4.31 Å². The van der Waals surface area contributed by atoms with Gasteiger partial charge in [0, 0.05) is 13.1 Å². The van der Waals surface area contributed by atoms with E-state index >= 15 is 0 Å². The first kappa shape index (κ1) is 15.1. The molecule has 0 saturated carbocycles. The van der Waals surface area contributed by atoms with Gasteiger partial charge in [0.05, 0.1) is 12.2 Å². The van der Waals surface area contributed by atoms with Crippen LogP contribution in [0.5, 0.6) is 0 Å². The Labute approximate surface area is 132 Å². The van der Waals surface area contributed by atoms with E-state index in [9.17, 15) is 8.42 Å². The lowest BCUT2D eigenvalue weighted by Gasteiger charge is -2.29. The SMILES string of the molecule is O=S(=O)(N1CCCC1)N(Cc1ccccc1)c1ccccc1. The van der Waals surface area contributed by atoms with E-state index in [1.54, 1.807) is 4.31 Å². The number of hydrogen-bond donors (Lipinski definition) is 0. The summed E-state index contributed by atoms with van der Waals surface area (Å²) >= 11 is 0. The molecule has 0 N–H and O–H groups in total. The third-order valence-corrected chi connectivity index (χ3v) is 5.80. The molecule has 3 rings (SSSR count). The third kappa shape index (κ3) is 3.15. The molecule has 0 aliphatic carbocycles. The number of rotatable bonds is 5. The molecule has 1 saturated heterocycles. The first-order valence-electron chi connectivity index (χ1n) is 7.55. The first-order valence-corrected chi connectivity index (χ1v) is 8.94. The van der Waals surface area contributed by atoms with Gasteiger partial charge in [0.1, 0.15) is 0 Å². The van der Waals surface area contributed by atoms with Gasteiger partial charge < -0.3 is 0 Å². The zero-order valence-electron chi connectivity index (χ0n) is 12.4. The molecule has 116 valence electrons. The van der Waals surface area contributed by atoms with E-state index in [1.165, 1.54) is 4.31 Å². The topological polar surface area (TPSA) is 40.6 Å². The molecule has 2 aromatic rings. The van der Waals surface area contributed by atoms with Gasteiger partial charge in [-0.1, -0.05) is 48.5 Å². The molecular weight excluding hydrogens is 296 g/mol. The zero-order chi connectivity index (χ0) is 15.4. The highest BCUT2D eigenvalue weighted by Crippen LogP contribution is 2.25. The second-order valence-corrected chi connectivity index (χ2v) is 7.29. The summed E-state index contributed by atoms with van der Waals surface area (Å²) in [7, 11) is -3.49. The summed E-state index contributed by atoms with van der Waals surface area (Å²) in [6.45, 7) is 1.57. The van der Waals surface area contributed by atoms with Crippen LogP contribution in [0.1, 0.15) is 18.4 Å². The first-order chi connectivity index (χ1) is 10.7. The summed E-state index contributed by atoms with van der Waals surface area (Å²) < 4.78 is 29.1. The second-order valence-electron chi connectivity index (χ2n) is 5.44. The highest BCUT2D eigenvalue weighted by molar-refractivity contribution is 7.90. The van der Waals surface area contributed by atoms with Crippen LogP contribution in [0.25, 0.3) is 0 Å². The Bertz CT molecular complexity index is 696. The third-order valence-electron chi connectivity index (χ3n) is 3.88. The number of nitrogens with zero attached hydrogens (tertiary/aromatic N) is 2. The Morgan fingerprint density at radius 2 is 1.41 bits per heavy atom. The van der Waals surface area contributed by atoms with Crippen LogP contribution < -0.4 is 4.31 Å². The van der Waals surface area contributed by atoms with E-state index in [2.05, 4.69) is 0 Å². The maximum absolute atomic E-state index is 13.0. The standard InChI is InChI=1S/C17H20N2O2S/c20-22(21,18-13-7-8-14-18)19(17-11-5-2-6-12-17)15-16-9-3-1-4-10-16/h1-6,9-12H,7-8,13-15H2. The maximum Gasteiger partial charge on any atom is 0.304 e. The van der Waals surface area contributed by atoms with Crippen LogP contribution >= 0.6 is 0 Å². The van der Waals surface area contributed by atoms with E-state index in [0.717, 1.165) is 18.4 Å². The molecular formula is C17H20N2O2S. The molecule has 22 heavy (non-hydrogen) atoms. The minimum absolute atomic E-state index is 0.351. The average Bonchev–Trinajstić information content (AvgIpc) is 3.10. The Kier molecular flexibility index (Phi) is 4.45. The molecule has 0 unspecified atom stereocenters. The van der Waals surface area contributed by atoms with Crippen molar-refractivity contribution < 1.29 is 8.42 Å². The summed E-state index contributed by atoms with van der Waals surface area (Å²) in [4.78, 5) is 0. The quantitative estimate of drug-likeness (QED) is 0.851. The lowest BCUT2D eigenvalue weighted by Crippen LogP contribution is -2.42. The molecule has 0 amide bonds. The van der Waals surface area contributed by atoms with Gasteiger partial charge in [-0.05, 0) is 30.5 Å². The molecule has 0 radical (unpaired) electrons. The number of anilines is 1. The van der Waals surface area contributed by atoms with Crippen molar-refractivity contribution in [1.82, 2.24) is 4.31 Å². The molecule has 1 aliphatic heterocycles. The molecule has 1 fully saturated rings. The lowest BCUT2D eigenvalue weighted by molar-refractivity contribution is 0.473. The van der Waals surface area contributed by atoms with Crippen molar-refractivity contribution in [3.05, 3.63) is 66.2 Å². The van der Waals surface area contributed by atoms with Crippen molar-refractivity contribution in [2.45, 2.75) is 19.4 Å². The number of hydrogen-bond acceptors (Lipinski definition) is 2. The Balaban J connectivity index is 1.96. The number of benzene rings is 2. The monoisotopic (exact) mass is 316 g/mol. The molecule has 0 aromatic heterocycles. The van der Waals surface area contributed by atoms with Crippen molar-refractivity contribution in [1.29, 1.82) is 0 Å². The smallest absolute Gasteiger partial charge is 0.253 e. The van der Waals surface area contributed by atoms with E-state index in [4.69, 9.17) is 0 Å². The molecule has 5 heteroatoms. The molecule has 4 nitrogen and oxygen atoms in total. The number of para-hydroxylation sites is 1. The van der Waals surface area contributed by atoms with E-state index < -0.39 is 10.2 Å². The van der Waals surface area contributed by atoms with E-state index in [-0.39, 0.29) is 0 Å². The van der Waals surface area contributed by atoms with Gasteiger partial charge in [-0.25, -0.2) is 0 Å². The minimum atomic E-state index is -3.49. The summed E-state index contributed by atoms with van der Waals surface area (Å²) in [5, 5.41) is 0. The Hall–Kier alpha value is -1.85. The lowest BCUT2D eigenvalue weighted by atomic mass is 10.2. The molecule has 2 aromatic carbocycles. The van der Waals surface area contributed by atoms with Crippen LogP contribution in [0.3, 0.4) is 0 Å². The van der Waals surface area contributed by atoms with Gasteiger partial charge in [0.25, 0.3) is 0 Å². The molecule has 0 bridgehead atoms. The normalized spacial score (nSPS) is 15.8. The van der Waals surface area contributed by atoms with Gasteiger partial charge in [0.2, 0.25) is 0 Å². The summed E-state index contributed by atoms with van der Waals surface area (Å²) in [6, 6.07) is 19.0. The maximum atomic E-state index is 13.0. The average molecular weight is 316 g/mol. The van der Waals surface area contributed by atoms with Crippen LogP contribution in [-0.4, -0.2) is 25.8 Å². The van der Waals surface area contributed by atoms with Crippen molar-refractivity contribution in [2.24, 2.45) is 0 Å². The van der Waals surface area contributed by atoms with Gasteiger partial charge >= 0.3 is 10.2 Å². The molecule has 0 spiro atoms. The fourth-order valence-electron chi connectivity index (χ4n) is 2.71. The van der Waals surface area contributed by atoms with Crippen LogP contribution in [0.15, 0.2) is 60.7 Å². The summed E-state index contributed by atoms with van der Waals surface area (Å²) in [6.07, 6.45) is 1.88. The Morgan fingerprint density at radius 1 is 0.864 bits per heavy atom. The van der Waals surface area contributed by atoms with Crippen molar-refractivity contribution in [3.63, 3.8) is 0 Å².